The molecule has 6 heteroatoms. The van der Waals surface area contributed by atoms with Gasteiger partial charge < -0.3 is 13.3 Å². The van der Waals surface area contributed by atoms with E-state index in [4.69, 9.17) is 13.3 Å². The Morgan fingerprint density at radius 1 is 0.124 bits per heavy atom. The predicted octanol–water partition coefficient (Wildman–Crippen LogP) is 25.9. The molecule has 3 heterocycles. The third-order valence-corrected chi connectivity index (χ3v) is 21.3. The smallest absolute Gasteiger partial charge is 0.344 e. The van der Waals surface area contributed by atoms with Crippen molar-refractivity contribution in [1.29, 1.82) is 0 Å². The van der Waals surface area contributed by atoms with Gasteiger partial charge in [0.15, 0.2) is 0 Å². The van der Waals surface area contributed by atoms with Gasteiger partial charge in [0.05, 0.1) is 16.2 Å². The van der Waals surface area contributed by atoms with Crippen molar-refractivity contribution in [2.24, 2.45) is 0 Å². The topological polar surface area (TPSA) is 90.6 Å². The van der Waals surface area contributed by atoms with Crippen LogP contribution in [0.25, 0.3) is 207 Å². The first kappa shape index (κ1) is 60.9. The summed E-state index contributed by atoms with van der Waals surface area (Å²) in [6.07, 6.45) is 0. The molecule has 0 radical (unpaired) electrons. The van der Waals surface area contributed by atoms with E-state index in [1.807, 2.05) is 103 Å². The molecule has 0 aliphatic heterocycles. The molecule has 19 aromatic carbocycles. The fourth-order valence-corrected chi connectivity index (χ4v) is 16.3. The van der Waals surface area contributed by atoms with Crippen LogP contribution in [0.4, 0.5) is 0 Å². The largest absolute Gasteiger partial charge is 0.422 e. The highest BCUT2D eigenvalue weighted by molar-refractivity contribution is 6.28. The van der Waals surface area contributed by atoms with Crippen LogP contribution < -0.4 is 16.9 Å². The van der Waals surface area contributed by atoms with Crippen LogP contribution in [0.15, 0.2) is 379 Å². The highest BCUT2D eigenvalue weighted by Gasteiger charge is 2.17. The number of hydrogen-bond acceptors (Lipinski definition) is 6. The molecule has 0 aliphatic carbocycles. The van der Waals surface area contributed by atoms with E-state index in [1.165, 1.54) is 97.0 Å². The van der Waals surface area contributed by atoms with E-state index in [1.54, 1.807) is 0 Å². The average Bonchev–Trinajstić information content (AvgIpc) is 0.743. The Balaban J connectivity index is 0.000000105. The Hall–Kier alpha value is -14.1. The Morgan fingerprint density at radius 2 is 0.333 bits per heavy atom. The lowest BCUT2D eigenvalue weighted by atomic mass is 9.91. The minimum Gasteiger partial charge on any atom is -0.422 e. The van der Waals surface area contributed by atoms with Crippen molar-refractivity contribution in [2.75, 3.05) is 0 Å². The first-order valence-electron chi connectivity index (χ1n) is 35.3. The summed E-state index contributed by atoms with van der Waals surface area (Å²) in [5, 5.41) is 30.1. The molecule has 22 rings (SSSR count). The summed E-state index contributed by atoms with van der Waals surface area (Å²) in [5.41, 5.74) is 9.64. The predicted molar refractivity (Wildman–Crippen MR) is 439 cm³/mol. The SMILES string of the molecule is O=c1oc2cc(-c3ccc4c5ccccc5c5ccccc5c4c3)ccc2c2ccccc12.O=c1oc2ccc(-c3ccc4c5ccccc5c5ccccc5c4c3)cc2c2ccccc12.O=c1oc2ccccc2c2ccc(-c3cccc(-c4ccc5c6ccccc6c6ccccc6c5c4)c3)cc12. The molecule has 22 aromatic rings. The van der Waals surface area contributed by atoms with Crippen LogP contribution in [-0.2, 0) is 0 Å². The van der Waals surface area contributed by atoms with Crippen LogP contribution in [0.1, 0.15) is 0 Å². The minimum atomic E-state index is -0.310. The Labute approximate surface area is 599 Å². The normalized spacial score (nSPS) is 11.7. The summed E-state index contributed by atoms with van der Waals surface area (Å²) in [6, 6.07) is 122. The Bertz CT molecular complexity index is 7520. The molecule has 3 aromatic heterocycles. The maximum atomic E-state index is 12.8. The number of rotatable bonds is 4. The lowest BCUT2D eigenvalue weighted by Crippen LogP contribution is -2.00. The van der Waals surface area contributed by atoms with Gasteiger partial charge in [0.1, 0.15) is 16.7 Å². The Kier molecular flexibility index (Phi) is 14.3. The zero-order chi connectivity index (χ0) is 69.8. The quantitative estimate of drug-likeness (QED) is 0.129. The third kappa shape index (κ3) is 10.2. The monoisotopic (exact) mass is 1340 g/mol. The molecule has 0 spiro atoms. The molecular formula is C99H58O6. The van der Waals surface area contributed by atoms with Crippen LogP contribution in [-0.4, -0.2) is 0 Å². The van der Waals surface area contributed by atoms with Crippen LogP contribution in [0, 0.1) is 0 Å². The summed E-state index contributed by atoms with van der Waals surface area (Å²) in [5.74, 6) is 0. The van der Waals surface area contributed by atoms with Crippen molar-refractivity contribution >= 4 is 162 Å². The standard InChI is InChI=1S/C37H22O2.2C31H18O2/c38-37-35-22-26(17-19-32(35)33-14-5-6-15-36(33)39-37)24-9-7-8-23(20-24)25-16-18-31-29-12-2-1-10-27(29)28-11-3-4-13-30(28)34(31)21-25;32-31-28-12-6-5-11-25(28)27-16-14-20(18-30(27)33-31)19-13-15-26-23-9-2-1-7-21(23)22-8-3-4-10-24(22)29(26)17-19;32-31-27-12-6-5-11-25(27)29-18-20(14-16-30(29)33-31)19-13-15-26-23-9-2-1-7-21(23)22-8-3-4-10-24(22)28(26)17-19/h1-22H;2*1-18H. The summed E-state index contributed by atoms with van der Waals surface area (Å²) in [6.45, 7) is 0. The van der Waals surface area contributed by atoms with Gasteiger partial charge in [-0.25, -0.2) is 14.4 Å². The van der Waals surface area contributed by atoms with E-state index in [9.17, 15) is 14.4 Å². The second-order valence-corrected chi connectivity index (χ2v) is 27.1. The maximum Gasteiger partial charge on any atom is 0.344 e. The lowest BCUT2D eigenvalue weighted by Gasteiger charge is -2.12. The highest BCUT2D eigenvalue weighted by Crippen LogP contribution is 2.43. The molecule has 490 valence electrons. The fourth-order valence-electron chi connectivity index (χ4n) is 16.3. The number of fused-ring (bicyclic) bond motifs is 27. The van der Waals surface area contributed by atoms with Gasteiger partial charge in [-0.3, -0.25) is 0 Å². The van der Waals surface area contributed by atoms with Gasteiger partial charge in [0.25, 0.3) is 0 Å². The van der Waals surface area contributed by atoms with Crippen LogP contribution in [0.2, 0.25) is 0 Å². The van der Waals surface area contributed by atoms with Crippen molar-refractivity contribution in [3.63, 3.8) is 0 Å². The van der Waals surface area contributed by atoms with E-state index in [2.05, 4.69) is 249 Å². The first-order valence-corrected chi connectivity index (χ1v) is 35.3. The number of hydrogen-bond donors (Lipinski definition) is 0. The molecule has 0 aliphatic rings. The molecule has 0 N–H and O–H groups in total. The number of benzene rings is 19. The first-order chi connectivity index (χ1) is 51.8. The van der Waals surface area contributed by atoms with Gasteiger partial charge in [-0.05, 0) is 230 Å². The maximum absolute atomic E-state index is 12.8. The molecule has 0 atom stereocenters. The second kappa shape index (κ2) is 24.6. The van der Waals surface area contributed by atoms with E-state index >= 15 is 0 Å². The molecule has 0 bridgehead atoms. The van der Waals surface area contributed by atoms with E-state index in [0.717, 1.165) is 76.8 Å². The van der Waals surface area contributed by atoms with Crippen molar-refractivity contribution in [2.45, 2.75) is 0 Å². The lowest BCUT2D eigenvalue weighted by molar-refractivity contribution is 0.569. The van der Waals surface area contributed by atoms with Crippen LogP contribution in [0.3, 0.4) is 0 Å². The van der Waals surface area contributed by atoms with Gasteiger partial charge in [0, 0.05) is 16.2 Å². The molecule has 0 amide bonds. The average molecular weight is 1340 g/mol. The molecule has 0 fully saturated rings. The molecule has 0 saturated heterocycles. The molecule has 6 nitrogen and oxygen atoms in total. The van der Waals surface area contributed by atoms with E-state index in [-0.39, 0.29) is 16.9 Å². The summed E-state index contributed by atoms with van der Waals surface area (Å²) >= 11 is 0. The van der Waals surface area contributed by atoms with Gasteiger partial charge in [-0.1, -0.05) is 279 Å². The van der Waals surface area contributed by atoms with Gasteiger partial charge in [-0.2, -0.15) is 0 Å². The van der Waals surface area contributed by atoms with Crippen LogP contribution >= 0.6 is 0 Å². The van der Waals surface area contributed by atoms with Crippen molar-refractivity contribution in [3.05, 3.63) is 383 Å². The molecule has 0 unspecified atom stereocenters. The highest BCUT2D eigenvalue weighted by atomic mass is 16.4. The molecule has 0 saturated carbocycles. The van der Waals surface area contributed by atoms with Gasteiger partial charge in [0.2, 0.25) is 0 Å². The van der Waals surface area contributed by atoms with Gasteiger partial charge in [-0.15, -0.1) is 0 Å². The molecule has 105 heavy (non-hydrogen) atoms. The summed E-state index contributed by atoms with van der Waals surface area (Å²) in [7, 11) is 0. The van der Waals surface area contributed by atoms with E-state index in [0.29, 0.717) is 32.9 Å². The Morgan fingerprint density at radius 3 is 0.714 bits per heavy atom. The second-order valence-electron chi connectivity index (χ2n) is 27.1. The summed E-state index contributed by atoms with van der Waals surface area (Å²) < 4.78 is 16.9. The van der Waals surface area contributed by atoms with Crippen molar-refractivity contribution in [1.82, 2.24) is 0 Å². The van der Waals surface area contributed by atoms with E-state index < -0.39 is 0 Å². The molecular weight excluding hydrogens is 1290 g/mol. The van der Waals surface area contributed by atoms with Crippen molar-refractivity contribution < 1.29 is 13.3 Å². The third-order valence-electron chi connectivity index (χ3n) is 21.3. The zero-order valence-corrected chi connectivity index (χ0v) is 56.4. The number of para-hydroxylation sites is 1. The fraction of sp³-hybridized carbons (Fsp3) is 0. The van der Waals surface area contributed by atoms with Gasteiger partial charge >= 0.3 is 16.9 Å². The van der Waals surface area contributed by atoms with Crippen LogP contribution in [0.5, 0.6) is 0 Å². The van der Waals surface area contributed by atoms with Crippen molar-refractivity contribution in [3.8, 4) is 44.5 Å². The minimum absolute atomic E-state index is 0.296. The summed E-state index contributed by atoms with van der Waals surface area (Å²) in [4.78, 5) is 37.7. The zero-order valence-electron chi connectivity index (χ0n) is 56.4.